The summed E-state index contributed by atoms with van der Waals surface area (Å²) < 4.78 is 34.9. The van der Waals surface area contributed by atoms with Crippen LogP contribution in [-0.2, 0) is 15.9 Å². The topological polar surface area (TPSA) is 327 Å². The first-order valence-corrected chi connectivity index (χ1v) is 34.2. The van der Waals surface area contributed by atoms with Crippen molar-refractivity contribution in [2.75, 3.05) is 17.2 Å². The molecule has 0 radical (unpaired) electrons. The van der Waals surface area contributed by atoms with Crippen molar-refractivity contribution in [3.8, 4) is 11.5 Å². The molecule has 3 spiro atoms. The molecule has 10 heterocycles. The maximum absolute atomic E-state index is 10.9. The molecule has 9 atom stereocenters. The molecule has 19 rings (SSSR count). The number of nitrogens with two attached hydrogens (primary N) is 3. The lowest BCUT2D eigenvalue weighted by Gasteiger charge is -2.49. The molecule has 23 nitrogen and oxygen atoms in total. The Morgan fingerprint density at radius 1 is 0.484 bits per heavy atom. The van der Waals surface area contributed by atoms with Gasteiger partial charge in [0.05, 0.1) is 112 Å². The average molecular weight is 1310 g/mol. The molecule has 12 aromatic rings. The SMILES string of the molecule is CC1(C)O[C@H]2[C@H](n3ccc4c(N)ncnc43)CC3(CC(Cc4ccc5scnc5c4)C3)[C@H]2O1.Nc1ncnc2c1ccn2[C@@H]1CC2(CC(Oc3ccc4scnc4c3)C2)[C@@H](O)[C@H]1O.Nc1ncnc2c1ccn2[C@@H]1CC2(CC(Oc3ccc4scnc4c3)C2)[C@@H](O)[C@H]1O. The summed E-state index contributed by atoms with van der Waals surface area (Å²) in [4.78, 5) is 38.6. The summed E-state index contributed by atoms with van der Waals surface area (Å²) in [6.45, 7) is 4.06. The van der Waals surface area contributed by atoms with Gasteiger partial charge in [0.1, 0.15) is 83.2 Å². The number of hydrogen-bond acceptors (Lipinski definition) is 23. The second-order valence-corrected chi connectivity index (χ2v) is 30.0. The lowest BCUT2D eigenvalue weighted by Crippen LogP contribution is -2.50. The van der Waals surface area contributed by atoms with Crippen molar-refractivity contribution < 1.29 is 39.4 Å². The van der Waals surface area contributed by atoms with Gasteiger partial charge in [0.15, 0.2) is 5.79 Å². The fraction of sp³-hybridized carbons (Fsp3) is 0.418. The summed E-state index contributed by atoms with van der Waals surface area (Å²) in [5, 5.41) is 45.8. The Labute approximate surface area is 544 Å². The van der Waals surface area contributed by atoms with Gasteiger partial charge >= 0.3 is 0 Å². The number of ether oxygens (including phenoxy) is 4. The Hall–Kier alpha value is -8.05. The maximum atomic E-state index is 10.9. The van der Waals surface area contributed by atoms with Crippen LogP contribution in [-0.4, -0.2) is 134 Å². The number of nitrogen functional groups attached to an aromatic ring is 3. The molecule has 6 aliphatic carbocycles. The fourth-order valence-electron chi connectivity index (χ4n) is 17.1. The Morgan fingerprint density at radius 2 is 0.903 bits per heavy atom. The van der Waals surface area contributed by atoms with Gasteiger partial charge in [-0.1, -0.05) is 6.07 Å². The van der Waals surface area contributed by atoms with Crippen LogP contribution in [0.2, 0.25) is 0 Å². The van der Waals surface area contributed by atoms with Crippen molar-refractivity contribution >= 4 is 115 Å². The average Bonchev–Trinajstić information content (AvgIpc) is 1.58. The van der Waals surface area contributed by atoms with Gasteiger partial charge in [-0.3, -0.25) is 0 Å². The first-order chi connectivity index (χ1) is 45.0. The predicted molar refractivity (Wildman–Crippen MR) is 355 cm³/mol. The first-order valence-electron chi connectivity index (χ1n) is 31.6. The Balaban J connectivity index is 0.000000107. The van der Waals surface area contributed by atoms with Gasteiger partial charge < -0.3 is 70.3 Å². The van der Waals surface area contributed by atoms with Crippen LogP contribution in [0.4, 0.5) is 17.5 Å². The molecule has 26 heteroatoms. The van der Waals surface area contributed by atoms with E-state index in [0.29, 0.717) is 73.2 Å². The minimum absolute atomic E-state index is 0.0131. The summed E-state index contributed by atoms with van der Waals surface area (Å²) in [6.07, 6.45) is 15.6. The molecule has 478 valence electrons. The summed E-state index contributed by atoms with van der Waals surface area (Å²) in [5.41, 5.74) is 29.6. The lowest BCUT2D eigenvalue weighted by molar-refractivity contribution is -0.181. The van der Waals surface area contributed by atoms with Crippen LogP contribution >= 0.6 is 34.0 Å². The maximum Gasteiger partial charge on any atom is 0.163 e. The van der Waals surface area contributed by atoms with E-state index in [9.17, 15) is 20.4 Å². The van der Waals surface area contributed by atoms with Crippen molar-refractivity contribution in [2.45, 2.75) is 151 Å². The standard InChI is InChI=1S/C25H27N5O2S.2C21H21N5O3S/c1-24(2)31-20-18(30-6-5-16-22(26)27-12-28-23(16)30)11-25(21(20)32-24)9-15(10-25)7-14-3-4-19-17(8-14)29-13-33-19;2*22-19-13-3-4-26(20(13)24-9-23-19)15-8-21(18(28)17(15)27)6-12(7-21)29-11-1-2-16-14(5-11)25-10-30-16/h3-6,8,12-13,15,18,20-21H,7,9-11H2,1-2H3,(H2,26,27,28);2*1-5,9-10,12,15,17-18,27-28H,6-8H2,(H2,22,23,24)/t15?,18-,20+,21+,25?;2*12?,15-,17+,18+,21?/m111/s1. The van der Waals surface area contributed by atoms with Crippen LogP contribution in [0.1, 0.15) is 95.3 Å². The fourth-order valence-corrected chi connectivity index (χ4v) is 19.1. The third-order valence-electron chi connectivity index (χ3n) is 21.4. The quantitative estimate of drug-likeness (QED) is 0.0706. The number of anilines is 3. The second-order valence-electron chi connectivity index (χ2n) is 27.3. The Morgan fingerprint density at radius 3 is 1.37 bits per heavy atom. The van der Waals surface area contributed by atoms with Crippen molar-refractivity contribution in [3.63, 3.8) is 0 Å². The molecule has 1 aliphatic heterocycles. The minimum atomic E-state index is -0.871. The molecule has 0 unspecified atom stereocenters. The van der Waals surface area contributed by atoms with Gasteiger partial charge in [-0.15, -0.1) is 34.0 Å². The molecule has 7 aliphatic rings. The van der Waals surface area contributed by atoms with E-state index in [0.717, 1.165) is 84.9 Å². The summed E-state index contributed by atoms with van der Waals surface area (Å²) in [5.74, 6) is 3.02. The highest BCUT2D eigenvalue weighted by Gasteiger charge is 2.66. The van der Waals surface area contributed by atoms with E-state index >= 15 is 0 Å². The highest BCUT2D eigenvalue weighted by atomic mass is 32.1. The number of benzene rings is 3. The predicted octanol–water partition coefficient (Wildman–Crippen LogP) is 9.76. The van der Waals surface area contributed by atoms with Gasteiger partial charge in [0.2, 0.25) is 0 Å². The van der Waals surface area contributed by atoms with Crippen LogP contribution in [0.25, 0.3) is 63.8 Å². The molecule has 93 heavy (non-hydrogen) atoms. The number of aromatic nitrogens is 12. The smallest absolute Gasteiger partial charge is 0.163 e. The number of aliphatic hydroxyl groups excluding tert-OH is 4. The van der Waals surface area contributed by atoms with Crippen LogP contribution in [0, 0.1) is 22.2 Å². The second kappa shape index (κ2) is 22.0. The molecule has 3 aromatic carbocycles. The molecule has 9 aromatic heterocycles. The van der Waals surface area contributed by atoms with E-state index in [4.69, 9.17) is 36.1 Å². The molecule has 1 saturated heterocycles. The molecular formula is C67H69N15O8S3. The van der Waals surface area contributed by atoms with Gasteiger partial charge in [-0.25, -0.2) is 44.9 Å². The number of rotatable bonds is 9. The largest absolute Gasteiger partial charge is 0.490 e. The van der Waals surface area contributed by atoms with Crippen LogP contribution < -0.4 is 26.7 Å². The van der Waals surface area contributed by atoms with Gasteiger partial charge in [-0.05, 0) is 144 Å². The number of aliphatic hydroxyl groups is 4. The van der Waals surface area contributed by atoms with Crippen molar-refractivity contribution in [1.82, 2.24) is 58.6 Å². The Kier molecular flexibility index (Phi) is 13.9. The zero-order chi connectivity index (χ0) is 63.3. The van der Waals surface area contributed by atoms with E-state index < -0.39 is 30.2 Å². The zero-order valence-electron chi connectivity index (χ0n) is 50.9. The highest BCUT2D eigenvalue weighted by Crippen LogP contribution is 2.65. The molecule has 10 N–H and O–H groups in total. The van der Waals surface area contributed by atoms with Crippen LogP contribution in [0.3, 0.4) is 0 Å². The van der Waals surface area contributed by atoms with Crippen molar-refractivity contribution in [2.24, 2.45) is 22.2 Å². The Bertz CT molecular complexity index is 4620. The normalized spacial score (nSPS) is 31.5. The first kappa shape index (κ1) is 58.7. The number of thiazole rings is 3. The third kappa shape index (κ3) is 9.87. The lowest BCUT2D eigenvalue weighted by atomic mass is 9.58. The summed E-state index contributed by atoms with van der Waals surface area (Å²) in [7, 11) is 0. The van der Waals surface area contributed by atoms with E-state index in [-0.39, 0.29) is 58.8 Å². The number of nitrogens with zero attached hydrogens (tertiary/aromatic N) is 12. The molecule has 7 fully saturated rings. The molecule has 0 amide bonds. The monoisotopic (exact) mass is 1310 g/mol. The highest BCUT2D eigenvalue weighted by molar-refractivity contribution is 7.17. The molecular weight excluding hydrogens is 1240 g/mol. The van der Waals surface area contributed by atoms with Crippen molar-refractivity contribution in [1.29, 1.82) is 0 Å². The molecule has 0 bridgehead atoms. The summed E-state index contributed by atoms with van der Waals surface area (Å²) >= 11 is 4.91. The van der Waals surface area contributed by atoms with Gasteiger partial charge in [0, 0.05) is 47.0 Å². The van der Waals surface area contributed by atoms with E-state index in [2.05, 4.69) is 73.8 Å². The van der Waals surface area contributed by atoms with Crippen molar-refractivity contribution in [3.05, 3.63) is 132 Å². The van der Waals surface area contributed by atoms with E-state index in [1.807, 2.05) is 107 Å². The van der Waals surface area contributed by atoms with E-state index in [1.165, 1.54) is 22.9 Å². The van der Waals surface area contributed by atoms with Crippen LogP contribution in [0.5, 0.6) is 11.5 Å². The van der Waals surface area contributed by atoms with Gasteiger partial charge in [-0.2, -0.15) is 0 Å². The van der Waals surface area contributed by atoms with Gasteiger partial charge in [0.25, 0.3) is 0 Å². The summed E-state index contributed by atoms with van der Waals surface area (Å²) in [6, 6.07) is 24.0. The number of fused-ring (bicyclic) bond motifs is 8. The van der Waals surface area contributed by atoms with Crippen LogP contribution in [0.15, 0.2) is 127 Å². The zero-order valence-corrected chi connectivity index (χ0v) is 53.3. The third-order valence-corrected chi connectivity index (χ3v) is 23.8. The number of hydrogen-bond donors (Lipinski definition) is 7. The molecule has 6 saturated carbocycles. The van der Waals surface area contributed by atoms with E-state index in [1.54, 1.807) is 40.3 Å². The minimum Gasteiger partial charge on any atom is -0.490 e.